The zero-order valence-electron chi connectivity index (χ0n) is 11.6. The van der Waals surface area contributed by atoms with Crippen molar-refractivity contribution < 1.29 is 19.8 Å². The Morgan fingerprint density at radius 2 is 2.16 bits per heavy atom. The first-order valence-corrected chi connectivity index (χ1v) is 6.43. The van der Waals surface area contributed by atoms with Gasteiger partial charge in [0.05, 0.1) is 18.8 Å². The van der Waals surface area contributed by atoms with Gasteiger partial charge in [0, 0.05) is 13.1 Å². The number of amides is 1. The average Bonchev–Trinajstić information content (AvgIpc) is 2.37. The second-order valence-corrected chi connectivity index (χ2v) is 5.24. The van der Waals surface area contributed by atoms with Gasteiger partial charge in [0.15, 0.2) is 5.84 Å². The summed E-state index contributed by atoms with van der Waals surface area (Å²) in [6.07, 6.45) is -0.525. The van der Waals surface area contributed by atoms with E-state index in [-0.39, 0.29) is 36.5 Å². The predicted molar refractivity (Wildman–Crippen MR) is 69.7 cm³/mol. The van der Waals surface area contributed by atoms with Gasteiger partial charge < -0.3 is 25.7 Å². The van der Waals surface area contributed by atoms with Gasteiger partial charge in [-0.3, -0.25) is 4.79 Å². The molecule has 0 radical (unpaired) electrons. The fourth-order valence-corrected chi connectivity index (χ4v) is 2.34. The molecule has 1 amide bonds. The number of ether oxygens (including phenoxy) is 1. The number of rotatable bonds is 4. The second-order valence-electron chi connectivity index (χ2n) is 5.24. The standard InChI is InChI=1S/C12H23N3O4/c1-7(2)10(11(13)14-18)12(17)15-4-8(3)19-9(5-15)6-16/h7-10,16,18H,4-6H2,1-3H3,(H2,13,14). The molecule has 4 N–H and O–H groups in total. The molecule has 3 atom stereocenters. The lowest BCUT2D eigenvalue weighted by Crippen LogP contribution is -2.54. The number of oxime groups is 1. The number of nitrogens with two attached hydrogens (primary N) is 1. The van der Waals surface area contributed by atoms with Crippen LogP contribution in [0.25, 0.3) is 0 Å². The van der Waals surface area contributed by atoms with Gasteiger partial charge in [-0.2, -0.15) is 0 Å². The lowest BCUT2D eigenvalue weighted by molar-refractivity contribution is -0.150. The first-order chi connectivity index (χ1) is 8.90. The van der Waals surface area contributed by atoms with E-state index < -0.39 is 5.92 Å². The van der Waals surface area contributed by atoms with E-state index in [2.05, 4.69) is 5.16 Å². The minimum absolute atomic E-state index is 0.0749. The zero-order valence-corrected chi connectivity index (χ0v) is 11.6. The molecule has 1 aliphatic heterocycles. The summed E-state index contributed by atoms with van der Waals surface area (Å²) in [5.74, 6) is -1.01. The number of hydrogen-bond acceptors (Lipinski definition) is 5. The highest BCUT2D eigenvalue weighted by atomic mass is 16.5. The van der Waals surface area contributed by atoms with Gasteiger partial charge in [-0.25, -0.2) is 0 Å². The van der Waals surface area contributed by atoms with Crippen molar-refractivity contribution in [3.63, 3.8) is 0 Å². The molecule has 0 aliphatic carbocycles. The molecule has 0 spiro atoms. The van der Waals surface area contributed by atoms with E-state index in [1.165, 1.54) is 0 Å². The largest absolute Gasteiger partial charge is 0.409 e. The first-order valence-electron chi connectivity index (χ1n) is 6.43. The van der Waals surface area contributed by atoms with Crippen molar-refractivity contribution in [2.24, 2.45) is 22.7 Å². The quantitative estimate of drug-likeness (QED) is 0.280. The van der Waals surface area contributed by atoms with Crippen LogP contribution in [-0.2, 0) is 9.53 Å². The van der Waals surface area contributed by atoms with E-state index in [1.807, 2.05) is 20.8 Å². The summed E-state index contributed by atoms with van der Waals surface area (Å²) in [5.41, 5.74) is 5.60. The molecule has 19 heavy (non-hydrogen) atoms. The van der Waals surface area contributed by atoms with Crippen molar-refractivity contribution in [2.45, 2.75) is 33.0 Å². The molecule has 1 saturated heterocycles. The average molecular weight is 273 g/mol. The van der Waals surface area contributed by atoms with Gasteiger partial charge in [0.1, 0.15) is 5.92 Å². The summed E-state index contributed by atoms with van der Waals surface area (Å²) in [6, 6.07) is 0. The maximum Gasteiger partial charge on any atom is 0.233 e. The SMILES string of the molecule is CC1CN(C(=O)C(C(N)=NO)C(C)C)CC(CO)O1. The van der Waals surface area contributed by atoms with Gasteiger partial charge in [0.2, 0.25) is 5.91 Å². The van der Waals surface area contributed by atoms with Crippen LogP contribution in [0.4, 0.5) is 0 Å². The molecule has 1 rings (SSSR count). The molecule has 0 bridgehead atoms. The molecular formula is C12H23N3O4. The fraction of sp³-hybridized carbons (Fsp3) is 0.833. The molecule has 1 heterocycles. The molecule has 110 valence electrons. The molecule has 1 fully saturated rings. The van der Waals surface area contributed by atoms with Crippen LogP contribution in [0.5, 0.6) is 0 Å². The number of hydrogen-bond donors (Lipinski definition) is 3. The number of aliphatic hydroxyl groups excluding tert-OH is 1. The smallest absolute Gasteiger partial charge is 0.233 e. The van der Waals surface area contributed by atoms with E-state index in [4.69, 9.17) is 20.8 Å². The lowest BCUT2D eigenvalue weighted by atomic mass is 9.92. The topological polar surface area (TPSA) is 108 Å². The summed E-state index contributed by atoms with van der Waals surface area (Å²) in [4.78, 5) is 14.1. The summed E-state index contributed by atoms with van der Waals surface area (Å²) in [7, 11) is 0. The lowest BCUT2D eigenvalue weighted by Gasteiger charge is -2.38. The van der Waals surface area contributed by atoms with E-state index in [0.29, 0.717) is 13.1 Å². The molecular weight excluding hydrogens is 250 g/mol. The minimum atomic E-state index is -0.658. The van der Waals surface area contributed by atoms with Crippen molar-refractivity contribution >= 4 is 11.7 Å². The predicted octanol–water partition coefficient (Wildman–Crippen LogP) is -0.387. The summed E-state index contributed by atoms with van der Waals surface area (Å²) in [6.45, 7) is 6.15. The summed E-state index contributed by atoms with van der Waals surface area (Å²) in [5, 5.41) is 20.9. The van der Waals surface area contributed by atoms with Gasteiger partial charge in [0.25, 0.3) is 0 Å². The van der Waals surface area contributed by atoms with Gasteiger partial charge >= 0.3 is 0 Å². The van der Waals surface area contributed by atoms with E-state index >= 15 is 0 Å². The monoisotopic (exact) mass is 273 g/mol. The van der Waals surface area contributed by atoms with Crippen LogP contribution in [-0.4, -0.2) is 58.9 Å². The van der Waals surface area contributed by atoms with E-state index in [0.717, 1.165) is 0 Å². The highest BCUT2D eigenvalue weighted by Crippen LogP contribution is 2.19. The normalized spacial score (nSPS) is 26.6. The van der Waals surface area contributed by atoms with Crippen LogP contribution >= 0.6 is 0 Å². The zero-order chi connectivity index (χ0) is 14.6. The fourth-order valence-electron chi connectivity index (χ4n) is 2.34. The molecule has 0 aromatic rings. The Bertz CT molecular complexity index is 346. The molecule has 0 saturated carbocycles. The minimum Gasteiger partial charge on any atom is -0.409 e. The second kappa shape index (κ2) is 6.72. The Hall–Kier alpha value is -1.34. The van der Waals surface area contributed by atoms with Gasteiger partial charge in [-0.05, 0) is 12.8 Å². The van der Waals surface area contributed by atoms with Crippen molar-refractivity contribution in [3.8, 4) is 0 Å². The number of amidine groups is 1. The van der Waals surface area contributed by atoms with Crippen LogP contribution in [0.1, 0.15) is 20.8 Å². The van der Waals surface area contributed by atoms with Crippen LogP contribution in [0.2, 0.25) is 0 Å². The first kappa shape index (κ1) is 15.7. The molecule has 0 aromatic heterocycles. The van der Waals surface area contributed by atoms with E-state index in [1.54, 1.807) is 4.90 Å². The number of morpholine rings is 1. The van der Waals surface area contributed by atoms with Crippen LogP contribution in [0, 0.1) is 11.8 Å². The van der Waals surface area contributed by atoms with Crippen molar-refractivity contribution in [2.75, 3.05) is 19.7 Å². The summed E-state index contributed by atoms with van der Waals surface area (Å²) >= 11 is 0. The highest BCUT2D eigenvalue weighted by Gasteiger charge is 2.35. The summed E-state index contributed by atoms with van der Waals surface area (Å²) < 4.78 is 5.49. The number of aliphatic hydroxyl groups is 1. The Labute approximate surface area is 113 Å². The Morgan fingerprint density at radius 1 is 1.53 bits per heavy atom. The van der Waals surface area contributed by atoms with E-state index in [9.17, 15) is 4.79 Å². The maximum atomic E-state index is 12.5. The highest BCUT2D eigenvalue weighted by molar-refractivity contribution is 6.02. The van der Waals surface area contributed by atoms with Gasteiger partial charge in [-0.1, -0.05) is 19.0 Å². The molecule has 1 aliphatic rings. The number of carbonyl (C=O) groups excluding carboxylic acids is 1. The number of carbonyl (C=O) groups is 1. The maximum absolute atomic E-state index is 12.5. The third-order valence-corrected chi connectivity index (χ3v) is 3.21. The number of nitrogens with zero attached hydrogens (tertiary/aromatic N) is 2. The molecule has 0 aromatic carbocycles. The third kappa shape index (κ3) is 3.81. The molecule has 3 unspecified atom stereocenters. The van der Waals surface area contributed by atoms with Crippen LogP contribution in [0.15, 0.2) is 5.16 Å². The van der Waals surface area contributed by atoms with Crippen molar-refractivity contribution in [1.82, 2.24) is 4.90 Å². The van der Waals surface area contributed by atoms with Crippen molar-refractivity contribution in [1.29, 1.82) is 0 Å². The molecule has 7 heteroatoms. The Morgan fingerprint density at radius 3 is 2.63 bits per heavy atom. The Balaban J connectivity index is 2.84. The molecule has 7 nitrogen and oxygen atoms in total. The van der Waals surface area contributed by atoms with Crippen molar-refractivity contribution in [3.05, 3.63) is 0 Å². The third-order valence-electron chi connectivity index (χ3n) is 3.21. The van der Waals surface area contributed by atoms with Crippen LogP contribution in [0.3, 0.4) is 0 Å². The van der Waals surface area contributed by atoms with Gasteiger partial charge in [-0.15, -0.1) is 0 Å². The Kier molecular flexibility index (Phi) is 5.56. The van der Waals surface area contributed by atoms with Crippen LogP contribution < -0.4 is 5.73 Å².